The van der Waals surface area contributed by atoms with Crippen molar-refractivity contribution in [3.63, 3.8) is 0 Å². The molecule has 0 amide bonds. The lowest BCUT2D eigenvalue weighted by Gasteiger charge is -2.58. The van der Waals surface area contributed by atoms with Gasteiger partial charge in [0.1, 0.15) is 0 Å². The Morgan fingerprint density at radius 1 is 1.25 bits per heavy atom. The Bertz CT molecular complexity index is 243. The fourth-order valence-corrected chi connectivity index (χ4v) is 5.78. The Kier molecular flexibility index (Phi) is 3.61. The SMILES string of the molecule is CC(C)C1CNCCC12CSCCC2(C)C. The Labute approximate surface area is 105 Å². The molecule has 2 aliphatic rings. The van der Waals surface area contributed by atoms with Gasteiger partial charge in [0, 0.05) is 0 Å². The van der Waals surface area contributed by atoms with E-state index in [0.717, 1.165) is 11.8 Å². The second-order valence-electron chi connectivity index (χ2n) is 6.65. The average Bonchev–Trinajstić information content (AvgIpc) is 2.23. The Morgan fingerprint density at radius 2 is 2.00 bits per heavy atom. The predicted octanol–water partition coefficient (Wildman–Crippen LogP) is 3.40. The van der Waals surface area contributed by atoms with Crippen molar-refractivity contribution in [2.45, 2.75) is 40.5 Å². The van der Waals surface area contributed by atoms with Crippen molar-refractivity contribution in [2.75, 3.05) is 24.6 Å². The van der Waals surface area contributed by atoms with Gasteiger partial charge in [-0.15, -0.1) is 0 Å². The molecule has 2 rings (SSSR count). The topological polar surface area (TPSA) is 12.0 Å². The molecule has 2 atom stereocenters. The first-order valence-corrected chi connectivity index (χ1v) is 7.93. The van der Waals surface area contributed by atoms with E-state index >= 15 is 0 Å². The molecule has 16 heavy (non-hydrogen) atoms. The van der Waals surface area contributed by atoms with Gasteiger partial charge in [-0.05, 0) is 60.1 Å². The number of nitrogens with one attached hydrogen (secondary N) is 1. The summed E-state index contributed by atoms with van der Waals surface area (Å²) in [5, 5.41) is 3.62. The molecule has 0 aromatic carbocycles. The van der Waals surface area contributed by atoms with Crippen LogP contribution in [0.4, 0.5) is 0 Å². The molecule has 0 bridgehead atoms. The maximum Gasteiger partial charge on any atom is -0.000197 e. The molecule has 0 saturated carbocycles. The predicted molar refractivity (Wildman–Crippen MR) is 74.0 cm³/mol. The third kappa shape index (κ3) is 1.92. The summed E-state index contributed by atoms with van der Waals surface area (Å²) >= 11 is 2.20. The second kappa shape index (κ2) is 4.53. The molecule has 2 heterocycles. The minimum Gasteiger partial charge on any atom is -0.316 e. The molecule has 0 aromatic heterocycles. The van der Waals surface area contributed by atoms with E-state index in [1.54, 1.807) is 0 Å². The summed E-state index contributed by atoms with van der Waals surface area (Å²) in [7, 11) is 0. The fourth-order valence-electron chi connectivity index (χ4n) is 3.87. The molecule has 0 radical (unpaired) electrons. The quantitative estimate of drug-likeness (QED) is 0.755. The Hall–Kier alpha value is 0.310. The van der Waals surface area contributed by atoms with Gasteiger partial charge >= 0.3 is 0 Å². The first kappa shape index (κ1) is 12.8. The van der Waals surface area contributed by atoms with E-state index in [1.807, 2.05) is 0 Å². The molecule has 2 heteroatoms. The van der Waals surface area contributed by atoms with Crippen LogP contribution < -0.4 is 5.32 Å². The van der Waals surface area contributed by atoms with Crippen molar-refractivity contribution in [1.29, 1.82) is 0 Å². The first-order valence-electron chi connectivity index (χ1n) is 6.78. The zero-order chi connectivity index (χ0) is 11.8. The summed E-state index contributed by atoms with van der Waals surface area (Å²) in [6, 6.07) is 0. The lowest BCUT2D eigenvalue weighted by molar-refractivity contribution is -0.0291. The van der Waals surface area contributed by atoms with E-state index < -0.39 is 0 Å². The summed E-state index contributed by atoms with van der Waals surface area (Å²) < 4.78 is 0. The van der Waals surface area contributed by atoms with E-state index in [9.17, 15) is 0 Å². The third-order valence-electron chi connectivity index (χ3n) is 5.21. The summed E-state index contributed by atoms with van der Waals surface area (Å²) in [5.41, 5.74) is 1.13. The van der Waals surface area contributed by atoms with Crippen LogP contribution in [-0.4, -0.2) is 24.6 Å². The van der Waals surface area contributed by atoms with Crippen molar-refractivity contribution in [1.82, 2.24) is 5.32 Å². The molecule has 0 aromatic rings. The fraction of sp³-hybridized carbons (Fsp3) is 1.00. The van der Waals surface area contributed by atoms with Gasteiger partial charge in [0.05, 0.1) is 0 Å². The summed E-state index contributed by atoms with van der Waals surface area (Å²) in [4.78, 5) is 0. The molecule has 1 spiro atoms. The molecule has 2 unspecified atom stereocenters. The largest absolute Gasteiger partial charge is 0.316 e. The van der Waals surface area contributed by atoms with E-state index in [2.05, 4.69) is 44.8 Å². The monoisotopic (exact) mass is 241 g/mol. The number of hydrogen-bond acceptors (Lipinski definition) is 2. The highest BCUT2D eigenvalue weighted by Gasteiger charge is 2.53. The first-order chi connectivity index (χ1) is 7.50. The highest BCUT2D eigenvalue weighted by molar-refractivity contribution is 7.99. The van der Waals surface area contributed by atoms with Gasteiger partial charge < -0.3 is 5.32 Å². The smallest absolute Gasteiger partial charge is 0.000197 e. The second-order valence-corrected chi connectivity index (χ2v) is 7.75. The number of rotatable bonds is 1. The lowest BCUT2D eigenvalue weighted by Crippen LogP contribution is -2.57. The van der Waals surface area contributed by atoms with E-state index in [0.29, 0.717) is 10.8 Å². The number of thioether (sulfide) groups is 1. The summed E-state index contributed by atoms with van der Waals surface area (Å²) in [6.45, 7) is 12.3. The van der Waals surface area contributed by atoms with Gasteiger partial charge in [0.15, 0.2) is 0 Å². The minimum absolute atomic E-state index is 0.537. The minimum atomic E-state index is 0.537. The van der Waals surface area contributed by atoms with Gasteiger partial charge in [0.2, 0.25) is 0 Å². The normalized spacial score (nSPS) is 39.2. The van der Waals surface area contributed by atoms with Gasteiger partial charge in [-0.2, -0.15) is 11.8 Å². The van der Waals surface area contributed by atoms with E-state index in [1.165, 1.54) is 37.4 Å². The molecular formula is C14H27NS. The Morgan fingerprint density at radius 3 is 2.62 bits per heavy atom. The highest BCUT2D eigenvalue weighted by Crippen LogP contribution is 2.57. The third-order valence-corrected chi connectivity index (χ3v) is 6.42. The average molecular weight is 241 g/mol. The Balaban J connectivity index is 2.30. The van der Waals surface area contributed by atoms with Crippen molar-refractivity contribution in [3.05, 3.63) is 0 Å². The zero-order valence-corrected chi connectivity index (χ0v) is 12.1. The standard InChI is InChI=1S/C14H27NS/c1-11(2)12-9-15-7-5-14(12)10-16-8-6-13(14,3)4/h11-12,15H,5-10H2,1-4H3. The maximum atomic E-state index is 3.62. The zero-order valence-electron chi connectivity index (χ0n) is 11.3. The van der Waals surface area contributed by atoms with Crippen LogP contribution in [0.1, 0.15) is 40.5 Å². The molecule has 1 N–H and O–H groups in total. The molecule has 2 saturated heterocycles. The van der Waals surface area contributed by atoms with Gasteiger partial charge in [-0.3, -0.25) is 0 Å². The molecule has 1 nitrogen and oxygen atoms in total. The van der Waals surface area contributed by atoms with E-state index in [-0.39, 0.29) is 0 Å². The molecule has 94 valence electrons. The van der Waals surface area contributed by atoms with Crippen molar-refractivity contribution in [3.8, 4) is 0 Å². The van der Waals surface area contributed by atoms with Crippen molar-refractivity contribution >= 4 is 11.8 Å². The van der Waals surface area contributed by atoms with Crippen LogP contribution in [0, 0.1) is 22.7 Å². The van der Waals surface area contributed by atoms with Crippen LogP contribution in [0.3, 0.4) is 0 Å². The van der Waals surface area contributed by atoms with E-state index in [4.69, 9.17) is 0 Å². The van der Waals surface area contributed by atoms with Crippen molar-refractivity contribution in [2.24, 2.45) is 22.7 Å². The highest BCUT2D eigenvalue weighted by atomic mass is 32.2. The molecule has 2 aliphatic heterocycles. The van der Waals surface area contributed by atoms with Crippen LogP contribution in [0.15, 0.2) is 0 Å². The number of piperidine rings is 1. The van der Waals surface area contributed by atoms with Crippen LogP contribution in [0.5, 0.6) is 0 Å². The molecule has 0 aliphatic carbocycles. The van der Waals surface area contributed by atoms with Gasteiger partial charge in [-0.25, -0.2) is 0 Å². The van der Waals surface area contributed by atoms with Crippen molar-refractivity contribution < 1.29 is 0 Å². The van der Waals surface area contributed by atoms with Gasteiger partial charge in [-0.1, -0.05) is 27.7 Å². The molecule has 2 fully saturated rings. The van der Waals surface area contributed by atoms with Gasteiger partial charge in [0.25, 0.3) is 0 Å². The van der Waals surface area contributed by atoms with Crippen LogP contribution in [0.2, 0.25) is 0 Å². The molecular weight excluding hydrogens is 214 g/mol. The maximum absolute atomic E-state index is 3.62. The van der Waals surface area contributed by atoms with Crippen LogP contribution in [0.25, 0.3) is 0 Å². The lowest BCUT2D eigenvalue weighted by atomic mass is 9.53. The van der Waals surface area contributed by atoms with Crippen LogP contribution in [-0.2, 0) is 0 Å². The summed E-state index contributed by atoms with van der Waals surface area (Å²) in [5.74, 6) is 4.44. The number of hydrogen-bond donors (Lipinski definition) is 1. The van der Waals surface area contributed by atoms with Crippen LogP contribution >= 0.6 is 11.8 Å². The summed E-state index contributed by atoms with van der Waals surface area (Å²) in [6.07, 6.45) is 2.79.